The number of fused-ring (bicyclic) bond motifs is 1. The third kappa shape index (κ3) is 4.41. The number of hydrogen-bond donors (Lipinski definition) is 0. The van der Waals surface area contributed by atoms with E-state index in [1.54, 1.807) is 10.6 Å². The summed E-state index contributed by atoms with van der Waals surface area (Å²) in [6, 6.07) is 13.6. The predicted molar refractivity (Wildman–Crippen MR) is 107 cm³/mol. The Morgan fingerprint density at radius 3 is 2.63 bits per heavy atom. The van der Waals surface area contributed by atoms with Crippen LogP contribution in [0.2, 0.25) is 0 Å². The lowest BCUT2D eigenvalue weighted by atomic mass is 10.1. The van der Waals surface area contributed by atoms with Crippen molar-refractivity contribution in [1.29, 1.82) is 0 Å². The first-order valence-corrected chi connectivity index (χ1v) is 9.29. The van der Waals surface area contributed by atoms with Gasteiger partial charge in [0.1, 0.15) is 6.54 Å². The van der Waals surface area contributed by atoms with E-state index in [0.29, 0.717) is 4.80 Å². The van der Waals surface area contributed by atoms with Crippen molar-refractivity contribution in [3.05, 3.63) is 70.0 Å². The Bertz CT molecular complexity index is 1090. The molecule has 0 saturated carbocycles. The number of hydrogen-bond acceptors (Lipinski definition) is 4. The first-order chi connectivity index (χ1) is 13.0. The van der Waals surface area contributed by atoms with Crippen molar-refractivity contribution >= 4 is 39.5 Å². The van der Waals surface area contributed by atoms with Crippen LogP contribution in [0.15, 0.2) is 53.5 Å². The van der Waals surface area contributed by atoms with Crippen LogP contribution in [-0.4, -0.2) is 23.6 Å². The van der Waals surface area contributed by atoms with E-state index >= 15 is 0 Å². The molecule has 5 nitrogen and oxygen atoms in total. The summed E-state index contributed by atoms with van der Waals surface area (Å²) in [6.45, 7) is 4.01. The van der Waals surface area contributed by atoms with Gasteiger partial charge in [0.15, 0.2) is 4.80 Å². The van der Waals surface area contributed by atoms with Crippen molar-refractivity contribution in [2.75, 3.05) is 7.11 Å². The monoisotopic (exact) mass is 380 g/mol. The quantitative estimate of drug-likeness (QED) is 0.513. The van der Waals surface area contributed by atoms with Gasteiger partial charge in [0.25, 0.3) is 5.91 Å². The van der Waals surface area contributed by atoms with Gasteiger partial charge in [-0.3, -0.25) is 9.59 Å². The number of aryl methyl sites for hydroxylation is 2. The molecule has 0 aliphatic heterocycles. The molecule has 138 valence electrons. The Balaban J connectivity index is 2.06. The van der Waals surface area contributed by atoms with Gasteiger partial charge in [-0.25, -0.2) is 0 Å². The Kier molecular flexibility index (Phi) is 5.66. The lowest BCUT2D eigenvalue weighted by Gasteiger charge is -2.06. The fourth-order valence-corrected chi connectivity index (χ4v) is 4.09. The first-order valence-electron chi connectivity index (χ1n) is 8.47. The first kappa shape index (κ1) is 18.8. The van der Waals surface area contributed by atoms with Gasteiger partial charge in [0, 0.05) is 6.08 Å². The zero-order valence-corrected chi connectivity index (χ0v) is 16.2. The van der Waals surface area contributed by atoms with E-state index in [1.807, 2.05) is 56.3 Å². The summed E-state index contributed by atoms with van der Waals surface area (Å²) < 4.78 is 7.53. The topological polar surface area (TPSA) is 60.7 Å². The molecule has 0 radical (unpaired) electrons. The summed E-state index contributed by atoms with van der Waals surface area (Å²) in [4.78, 5) is 28.9. The molecule has 1 amide bonds. The van der Waals surface area contributed by atoms with Crippen LogP contribution in [0.1, 0.15) is 16.7 Å². The maximum atomic E-state index is 12.3. The second-order valence-corrected chi connectivity index (χ2v) is 7.18. The van der Waals surface area contributed by atoms with Crippen LogP contribution in [0.3, 0.4) is 0 Å². The minimum atomic E-state index is -0.386. The van der Waals surface area contributed by atoms with E-state index in [9.17, 15) is 9.59 Å². The number of aromatic nitrogens is 1. The molecule has 0 atom stereocenters. The van der Waals surface area contributed by atoms with Crippen LogP contribution in [-0.2, 0) is 20.9 Å². The number of amides is 1. The van der Waals surface area contributed by atoms with Crippen LogP contribution in [0, 0.1) is 13.8 Å². The third-order valence-corrected chi connectivity index (χ3v) is 5.08. The molecule has 0 aliphatic carbocycles. The molecular formula is C21H20N2O3S. The number of ether oxygens (including phenoxy) is 1. The summed E-state index contributed by atoms with van der Waals surface area (Å²) in [7, 11) is 1.35. The maximum absolute atomic E-state index is 12.3. The zero-order valence-electron chi connectivity index (χ0n) is 15.4. The van der Waals surface area contributed by atoms with Crippen molar-refractivity contribution in [2.45, 2.75) is 20.4 Å². The van der Waals surface area contributed by atoms with Crippen molar-refractivity contribution in [3.63, 3.8) is 0 Å². The van der Waals surface area contributed by atoms with Crippen LogP contribution in [0.4, 0.5) is 0 Å². The second kappa shape index (κ2) is 8.14. The summed E-state index contributed by atoms with van der Waals surface area (Å²) in [6.07, 6.45) is 3.15. The SMILES string of the molecule is COC(=O)Cn1c(=NC(=O)/C=C/c2ccccc2)sc2cc(C)cc(C)c21. The Morgan fingerprint density at radius 1 is 1.19 bits per heavy atom. The Labute approximate surface area is 161 Å². The van der Waals surface area contributed by atoms with Crippen molar-refractivity contribution in [1.82, 2.24) is 4.57 Å². The van der Waals surface area contributed by atoms with E-state index in [-0.39, 0.29) is 18.4 Å². The summed E-state index contributed by atoms with van der Waals surface area (Å²) in [5.41, 5.74) is 3.97. The third-order valence-electron chi connectivity index (χ3n) is 4.05. The predicted octanol–water partition coefficient (Wildman–Crippen LogP) is 3.63. The van der Waals surface area contributed by atoms with Crippen LogP contribution < -0.4 is 4.80 Å². The highest BCUT2D eigenvalue weighted by molar-refractivity contribution is 7.16. The number of methoxy groups -OCH3 is 1. The van der Waals surface area contributed by atoms with Crippen LogP contribution >= 0.6 is 11.3 Å². The largest absolute Gasteiger partial charge is 0.468 e. The fraction of sp³-hybridized carbons (Fsp3) is 0.190. The van der Waals surface area contributed by atoms with E-state index in [4.69, 9.17) is 4.74 Å². The molecule has 2 aromatic carbocycles. The molecule has 0 bridgehead atoms. The average molecular weight is 380 g/mol. The number of rotatable bonds is 4. The Hall–Kier alpha value is -2.99. The van der Waals surface area contributed by atoms with Gasteiger partial charge in [0.2, 0.25) is 0 Å². The number of carbonyl (C=O) groups excluding carboxylic acids is 2. The molecule has 27 heavy (non-hydrogen) atoms. The van der Waals surface area contributed by atoms with Gasteiger partial charge in [-0.15, -0.1) is 0 Å². The number of esters is 1. The average Bonchev–Trinajstić information content (AvgIpc) is 2.97. The molecule has 1 aromatic heterocycles. The van der Waals surface area contributed by atoms with Gasteiger partial charge in [0.05, 0.1) is 17.3 Å². The highest BCUT2D eigenvalue weighted by Crippen LogP contribution is 2.23. The highest BCUT2D eigenvalue weighted by atomic mass is 32.1. The molecule has 1 heterocycles. The van der Waals surface area contributed by atoms with Gasteiger partial charge in [-0.1, -0.05) is 47.7 Å². The molecular weight excluding hydrogens is 360 g/mol. The van der Waals surface area contributed by atoms with Gasteiger partial charge in [-0.2, -0.15) is 4.99 Å². The lowest BCUT2D eigenvalue weighted by molar-refractivity contribution is -0.141. The summed E-state index contributed by atoms with van der Waals surface area (Å²) >= 11 is 1.39. The smallest absolute Gasteiger partial charge is 0.325 e. The maximum Gasteiger partial charge on any atom is 0.325 e. The number of thiazole rings is 1. The van der Waals surface area contributed by atoms with Gasteiger partial charge < -0.3 is 9.30 Å². The lowest BCUT2D eigenvalue weighted by Crippen LogP contribution is -2.22. The van der Waals surface area contributed by atoms with E-state index in [2.05, 4.69) is 4.99 Å². The van der Waals surface area contributed by atoms with Crippen molar-refractivity contribution < 1.29 is 14.3 Å². The van der Waals surface area contributed by atoms with Gasteiger partial charge >= 0.3 is 5.97 Å². The number of nitrogens with zero attached hydrogens (tertiary/aromatic N) is 2. The molecule has 6 heteroatoms. The molecule has 0 spiro atoms. The highest BCUT2D eigenvalue weighted by Gasteiger charge is 2.13. The normalized spacial score (nSPS) is 12.0. The molecule has 0 aliphatic rings. The number of benzene rings is 2. The molecule has 0 N–H and O–H groups in total. The second-order valence-electron chi connectivity index (χ2n) is 6.17. The summed E-state index contributed by atoms with van der Waals surface area (Å²) in [5, 5.41) is 0. The van der Waals surface area contributed by atoms with Crippen LogP contribution in [0.5, 0.6) is 0 Å². The van der Waals surface area contributed by atoms with Crippen molar-refractivity contribution in [3.8, 4) is 0 Å². The zero-order chi connectivity index (χ0) is 19.4. The number of carbonyl (C=O) groups is 2. The van der Waals surface area contributed by atoms with Crippen LogP contribution in [0.25, 0.3) is 16.3 Å². The standard InChI is InChI=1S/C21H20N2O3S/c1-14-11-15(2)20-17(12-14)27-21(23(20)13-19(25)26-3)22-18(24)10-9-16-7-5-4-6-8-16/h4-12H,13H2,1-3H3/b10-9+,22-21?. The van der Waals surface area contributed by atoms with E-state index in [1.165, 1.54) is 24.5 Å². The summed E-state index contributed by atoms with van der Waals surface area (Å²) in [5.74, 6) is -0.762. The van der Waals surface area contributed by atoms with Gasteiger partial charge in [-0.05, 0) is 42.7 Å². The van der Waals surface area contributed by atoms with Crippen molar-refractivity contribution in [2.24, 2.45) is 4.99 Å². The molecule has 3 rings (SSSR count). The Morgan fingerprint density at radius 2 is 1.93 bits per heavy atom. The molecule has 0 unspecified atom stereocenters. The fourth-order valence-electron chi connectivity index (χ4n) is 2.88. The molecule has 3 aromatic rings. The van der Waals surface area contributed by atoms with E-state index < -0.39 is 0 Å². The minimum Gasteiger partial charge on any atom is -0.468 e. The minimum absolute atomic E-state index is 0.00884. The van der Waals surface area contributed by atoms with E-state index in [0.717, 1.165) is 26.9 Å². The molecule has 0 fully saturated rings. The molecule has 0 saturated heterocycles.